The average Bonchev–Trinajstić information content (AvgIpc) is 2.33. The Balaban J connectivity index is 2.70. The standard InChI is InChI=1S/C12H14BrF2NO2S/c13-10-7-8(14)6-9(11(10)15)12(19(16,17)18)4-2-1-3-5-12/h6-7H,1-5H2,(H2,16,17,18). The molecule has 7 heteroatoms. The van der Waals surface area contributed by atoms with Crippen LogP contribution in [-0.4, -0.2) is 8.42 Å². The number of benzene rings is 1. The van der Waals surface area contributed by atoms with Crippen LogP contribution in [0.25, 0.3) is 0 Å². The first kappa shape index (κ1) is 14.9. The molecule has 0 spiro atoms. The molecule has 2 rings (SSSR count). The van der Waals surface area contributed by atoms with Gasteiger partial charge >= 0.3 is 0 Å². The van der Waals surface area contributed by atoms with Crippen LogP contribution < -0.4 is 5.14 Å². The third kappa shape index (κ3) is 2.55. The van der Waals surface area contributed by atoms with Crippen LogP contribution in [0.4, 0.5) is 8.78 Å². The first-order valence-electron chi connectivity index (χ1n) is 5.95. The van der Waals surface area contributed by atoms with Gasteiger partial charge < -0.3 is 0 Å². The van der Waals surface area contributed by atoms with Gasteiger partial charge in [0.2, 0.25) is 10.0 Å². The summed E-state index contributed by atoms with van der Waals surface area (Å²) in [5, 5.41) is 5.31. The molecule has 0 amide bonds. The van der Waals surface area contributed by atoms with E-state index in [1.54, 1.807) is 0 Å². The molecule has 2 N–H and O–H groups in total. The fraction of sp³-hybridized carbons (Fsp3) is 0.500. The van der Waals surface area contributed by atoms with Gasteiger partial charge in [-0.3, -0.25) is 0 Å². The second kappa shape index (κ2) is 5.10. The number of primary sulfonamides is 1. The van der Waals surface area contributed by atoms with Crippen molar-refractivity contribution < 1.29 is 17.2 Å². The van der Waals surface area contributed by atoms with Gasteiger partial charge in [0.15, 0.2) is 0 Å². The van der Waals surface area contributed by atoms with Crippen molar-refractivity contribution >= 4 is 26.0 Å². The topological polar surface area (TPSA) is 60.2 Å². The summed E-state index contributed by atoms with van der Waals surface area (Å²) in [4.78, 5) is 0. The molecule has 3 nitrogen and oxygen atoms in total. The molecule has 106 valence electrons. The van der Waals surface area contributed by atoms with Crippen LogP contribution in [0.5, 0.6) is 0 Å². The normalized spacial score (nSPS) is 19.4. The van der Waals surface area contributed by atoms with E-state index in [0.29, 0.717) is 12.8 Å². The van der Waals surface area contributed by atoms with Crippen LogP contribution >= 0.6 is 15.9 Å². The molecule has 0 heterocycles. The van der Waals surface area contributed by atoms with Gasteiger partial charge in [0.1, 0.15) is 16.4 Å². The lowest BCUT2D eigenvalue weighted by Crippen LogP contribution is -2.43. The van der Waals surface area contributed by atoms with Crippen molar-refractivity contribution in [3.05, 3.63) is 33.8 Å². The summed E-state index contributed by atoms with van der Waals surface area (Å²) in [6.45, 7) is 0. The number of rotatable bonds is 2. The van der Waals surface area contributed by atoms with E-state index < -0.39 is 26.4 Å². The van der Waals surface area contributed by atoms with Crippen LogP contribution in [0.3, 0.4) is 0 Å². The molecule has 1 aromatic rings. The Morgan fingerprint density at radius 2 is 1.74 bits per heavy atom. The maximum atomic E-state index is 14.2. The van der Waals surface area contributed by atoms with Crippen molar-refractivity contribution in [1.82, 2.24) is 0 Å². The summed E-state index contributed by atoms with van der Waals surface area (Å²) in [5.41, 5.74) is -0.165. The van der Waals surface area contributed by atoms with Crippen molar-refractivity contribution in [3.8, 4) is 0 Å². The molecule has 0 aromatic heterocycles. The zero-order valence-corrected chi connectivity index (χ0v) is 12.5. The molecule has 0 bridgehead atoms. The minimum absolute atomic E-state index is 0.0869. The highest BCUT2D eigenvalue weighted by Gasteiger charge is 2.46. The van der Waals surface area contributed by atoms with E-state index in [-0.39, 0.29) is 22.9 Å². The zero-order chi connectivity index (χ0) is 14.3. The van der Waals surface area contributed by atoms with Gasteiger partial charge in [0, 0.05) is 5.56 Å². The fourth-order valence-electron chi connectivity index (χ4n) is 2.72. The lowest BCUT2D eigenvalue weighted by atomic mass is 9.82. The second-order valence-corrected chi connectivity index (χ2v) is 7.57. The monoisotopic (exact) mass is 353 g/mol. The number of nitrogens with two attached hydrogens (primary N) is 1. The van der Waals surface area contributed by atoms with Crippen LogP contribution in [0.1, 0.15) is 37.7 Å². The minimum atomic E-state index is -4.02. The molecule has 0 saturated heterocycles. The zero-order valence-electron chi connectivity index (χ0n) is 10.1. The molecule has 1 aromatic carbocycles. The summed E-state index contributed by atoms with van der Waals surface area (Å²) >= 11 is 2.90. The summed E-state index contributed by atoms with van der Waals surface area (Å²) in [5.74, 6) is -1.44. The number of hydrogen-bond acceptors (Lipinski definition) is 2. The molecule has 0 atom stereocenters. The Morgan fingerprint density at radius 3 is 2.26 bits per heavy atom. The fourth-order valence-corrected chi connectivity index (χ4v) is 4.46. The van der Waals surface area contributed by atoms with E-state index in [2.05, 4.69) is 15.9 Å². The summed E-state index contributed by atoms with van der Waals surface area (Å²) in [6, 6.07) is 1.91. The van der Waals surface area contributed by atoms with Crippen molar-refractivity contribution in [2.45, 2.75) is 36.9 Å². The highest BCUT2D eigenvalue weighted by molar-refractivity contribution is 9.10. The van der Waals surface area contributed by atoms with E-state index in [0.717, 1.165) is 18.6 Å². The summed E-state index contributed by atoms with van der Waals surface area (Å²) in [6.07, 6.45) is 2.57. The van der Waals surface area contributed by atoms with E-state index >= 15 is 0 Å². The van der Waals surface area contributed by atoms with Crippen molar-refractivity contribution in [2.75, 3.05) is 0 Å². The first-order chi connectivity index (χ1) is 8.78. The molecule has 1 aliphatic rings. The molecule has 19 heavy (non-hydrogen) atoms. The second-order valence-electron chi connectivity index (χ2n) is 4.85. The van der Waals surface area contributed by atoms with E-state index in [9.17, 15) is 17.2 Å². The van der Waals surface area contributed by atoms with Crippen LogP contribution in [-0.2, 0) is 14.8 Å². The van der Waals surface area contributed by atoms with Crippen LogP contribution in [0.15, 0.2) is 16.6 Å². The van der Waals surface area contributed by atoms with Crippen molar-refractivity contribution in [1.29, 1.82) is 0 Å². The Hall–Kier alpha value is -0.530. The molecule has 1 aliphatic carbocycles. The van der Waals surface area contributed by atoms with Gasteiger partial charge in [-0.1, -0.05) is 19.3 Å². The average molecular weight is 354 g/mol. The third-order valence-corrected chi connectivity index (χ3v) is 5.98. The van der Waals surface area contributed by atoms with Gasteiger partial charge in [0.05, 0.1) is 4.47 Å². The molecular formula is C12H14BrF2NO2S. The highest BCUT2D eigenvalue weighted by Crippen LogP contribution is 2.44. The van der Waals surface area contributed by atoms with Gasteiger partial charge in [-0.05, 0) is 40.9 Å². The predicted molar refractivity (Wildman–Crippen MR) is 71.9 cm³/mol. The molecule has 1 fully saturated rings. The third-order valence-electron chi connectivity index (χ3n) is 3.69. The molecule has 0 radical (unpaired) electrons. The largest absolute Gasteiger partial charge is 0.228 e. The summed E-state index contributed by atoms with van der Waals surface area (Å²) in [7, 11) is -4.02. The maximum absolute atomic E-state index is 14.2. The Kier molecular flexibility index (Phi) is 3.99. The lowest BCUT2D eigenvalue weighted by molar-refractivity contribution is 0.367. The maximum Gasteiger partial charge on any atom is 0.219 e. The number of hydrogen-bond donors (Lipinski definition) is 1. The first-order valence-corrected chi connectivity index (χ1v) is 8.29. The molecule has 0 unspecified atom stereocenters. The minimum Gasteiger partial charge on any atom is -0.228 e. The number of halogens is 3. The van der Waals surface area contributed by atoms with E-state index in [1.807, 2.05) is 0 Å². The van der Waals surface area contributed by atoms with E-state index in [4.69, 9.17) is 5.14 Å². The molecule has 0 aliphatic heterocycles. The van der Waals surface area contributed by atoms with Crippen LogP contribution in [0.2, 0.25) is 0 Å². The Bertz CT molecular complexity index is 598. The van der Waals surface area contributed by atoms with Gasteiger partial charge in [0.25, 0.3) is 0 Å². The van der Waals surface area contributed by atoms with Crippen LogP contribution in [0, 0.1) is 11.6 Å². The predicted octanol–water partition coefficient (Wildman–Crippen LogP) is 3.18. The van der Waals surface area contributed by atoms with Crippen molar-refractivity contribution in [2.24, 2.45) is 5.14 Å². The number of sulfonamides is 1. The highest BCUT2D eigenvalue weighted by atomic mass is 79.9. The summed E-state index contributed by atoms with van der Waals surface area (Å²) < 4.78 is 50.0. The Morgan fingerprint density at radius 1 is 1.16 bits per heavy atom. The lowest BCUT2D eigenvalue weighted by Gasteiger charge is -2.35. The van der Waals surface area contributed by atoms with E-state index in [1.165, 1.54) is 0 Å². The SMILES string of the molecule is NS(=O)(=O)C1(c2cc(F)cc(Br)c2F)CCCCC1. The van der Waals surface area contributed by atoms with Gasteiger partial charge in [-0.2, -0.15) is 0 Å². The quantitative estimate of drug-likeness (QED) is 0.830. The molecular weight excluding hydrogens is 340 g/mol. The van der Waals surface area contributed by atoms with Gasteiger partial charge in [-0.15, -0.1) is 0 Å². The Labute approximate surface area is 119 Å². The smallest absolute Gasteiger partial charge is 0.219 e. The van der Waals surface area contributed by atoms with Crippen molar-refractivity contribution in [3.63, 3.8) is 0 Å². The van der Waals surface area contributed by atoms with Gasteiger partial charge in [-0.25, -0.2) is 22.3 Å². The molecule has 1 saturated carbocycles.